The van der Waals surface area contributed by atoms with Crippen molar-refractivity contribution >= 4 is 28.3 Å². The van der Waals surface area contributed by atoms with Crippen LogP contribution in [0.2, 0.25) is 0 Å². The van der Waals surface area contributed by atoms with E-state index < -0.39 is 5.54 Å². The molecule has 0 saturated heterocycles. The van der Waals surface area contributed by atoms with Crippen LogP contribution in [0, 0.1) is 5.92 Å². The molecular weight excluding hydrogens is 468 g/mol. The van der Waals surface area contributed by atoms with Crippen LogP contribution in [0.5, 0.6) is 11.5 Å². The fourth-order valence-corrected chi connectivity index (χ4v) is 4.34. The van der Waals surface area contributed by atoms with Gasteiger partial charge in [0.2, 0.25) is 5.91 Å². The number of nitrogens with zero attached hydrogens (tertiary/aromatic N) is 5. The minimum absolute atomic E-state index is 0.124. The van der Waals surface area contributed by atoms with Gasteiger partial charge in [-0.1, -0.05) is 0 Å². The molecule has 9 heteroatoms. The molecule has 0 atom stereocenters. The van der Waals surface area contributed by atoms with Gasteiger partial charge < -0.3 is 19.7 Å². The molecule has 1 saturated carbocycles. The minimum Gasteiger partial charge on any atom is -0.497 e. The highest BCUT2D eigenvalue weighted by Gasteiger charge is 2.30. The first-order valence-corrected chi connectivity index (χ1v) is 12.4. The number of carbonyl (C=O) groups excluding carboxylic acids is 1. The van der Waals surface area contributed by atoms with Crippen LogP contribution in [0.4, 0.5) is 11.4 Å². The van der Waals surface area contributed by atoms with E-state index in [4.69, 9.17) is 14.5 Å². The minimum atomic E-state index is -0.828. The Morgan fingerprint density at radius 2 is 1.78 bits per heavy atom. The molecule has 0 radical (unpaired) electrons. The second-order valence-corrected chi connectivity index (χ2v) is 9.86. The molecule has 2 heterocycles. The van der Waals surface area contributed by atoms with Crippen LogP contribution < -0.4 is 19.7 Å². The zero-order valence-corrected chi connectivity index (χ0v) is 21.9. The summed E-state index contributed by atoms with van der Waals surface area (Å²) < 4.78 is 12.7. The zero-order valence-electron chi connectivity index (χ0n) is 21.9. The summed E-state index contributed by atoms with van der Waals surface area (Å²) in [5, 5.41) is 7.12. The standard InChI is InChI=1S/C28H32N6O3/c1-28(2,27(35)29-3)34-17-19(14-31-34)26-15-30-24-9-8-20(12-25(24)32-26)33(16-18-6-7-18)21-10-22(36-4)13-23(11-21)37-5/h8-15,17-18H,6-7,16H2,1-5H3,(H,29,35). The number of aromatic nitrogens is 4. The van der Waals surface area contributed by atoms with E-state index in [-0.39, 0.29) is 5.91 Å². The number of anilines is 2. The quantitative estimate of drug-likeness (QED) is 0.361. The molecule has 1 fully saturated rings. The molecular formula is C28H32N6O3. The zero-order chi connectivity index (χ0) is 26.2. The van der Waals surface area contributed by atoms with Crippen LogP contribution in [0.15, 0.2) is 55.0 Å². The van der Waals surface area contributed by atoms with Crippen molar-refractivity contribution in [3.63, 3.8) is 0 Å². The lowest BCUT2D eigenvalue weighted by Gasteiger charge is -2.26. The van der Waals surface area contributed by atoms with Gasteiger partial charge in [-0.2, -0.15) is 5.10 Å². The van der Waals surface area contributed by atoms with Gasteiger partial charge in [0.15, 0.2) is 0 Å². The molecule has 1 aliphatic carbocycles. The molecule has 0 aliphatic heterocycles. The first-order chi connectivity index (χ1) is 17.8. The molecule has 0 spiro atoms. The van der Waals surface area contributed by atoms with Gasteiger partial charge in [-0.05, 0) is 50.8 Å². The van der Waals surface area contributed by atoms with E-state index in [1.54, 1.807) is 38.3 Å². The Bertz CT molecular complexity index is 1420. The molecule has 1 aliphatic rings. The number of hydrogen-bond donors (Lipinski definition) is 1. The van der Waals surface area contributed by atoms with Crippen molar-refractivity contribution in [1.82, 2.24) is 25.1 Å². The van der Waals surface area contributed by atoms with Crippen molar-refractivity contribution in [2.45, 2.75) is 32.2 Å². The lowest BCUT2D eigenvalue weighted by atomic mass is 10.1. The maximum atomic E-state index is 12.3. The summed E-state index contributed by atoms with van der Waals surface area (Å²) in [6, 6.07) is 12.1. The van der Waals surface area contributed by atoms with Crippen molar-refractivity contribution in [3.8, 4) is 22.8 Å². The predicted molar refractivity (Wildman–Crippen MR) is 143 cm³/mol. The van der Waals surface area contributed by atoms with Crippen molar-refractivity contribution in [2.75, 3.05) is 32.7 Å². The topological polar surface area (TPSA) is 94.4 Å². The number of ether oxygens (including phenoxy) is 2. The number of hydrogen-bond acceptors (Lipinski definition) is 7. The second kappa shape index (κ2) is 9.72. The maximum absolute atomic E-state index is 12.3. The number of rotatable bonds is 9. The Hall–Kier alpha value is -4.14. The number of fused-ring (bicyclic) bond motifs is 1. The van der Waals surface area contributed by atoms with E-state index >= 15 is 0 Å². The lowest BCUT2D eigenvalue weighted by Crippen LogP contribution is -2.43. The third kappa shape index (κ3) is 4.94. The fourth-order valence-electron chi connectivity index (χ4n) is 4.34. The van der Waals surface area contributed by atoms with Crippen LogP contribution in [-0.4, -0.2) is 53.5 Å². The van der Waals surface area contributed by atoms with E-state index in [0.717, 1.165) is 46.0 Å². The number of carbonyl (C=O) groups is 1. The van der Waals surface area contributed by atoms with Gasteiger partial charge in [0, 0.05) is 54.9 Å². The average molecular weight is 501 g/mol. The van der Waals surface area contributed by atoms with Crippen molar-refractivity contribution < 1.29 is 14.3 Å². The molecule has 0 unspecified atom stereocenters. The molecule has 4 aromatic rings. The lowest BCUT2D eigenvalue weighted by molar-refractivity contribution is -0.128. The summed E-state index contributed by atoms with van der Waals surface area (Å²) in [6.07, 6.45) is 7.74. The Morgan fingerprint density at radius 1 is 1.05 bits per heavy atom. The van der Waals surface area contributed by atoms with Crippen LogP contribution in [-0.2, 0) is 10.3 Å². The van der Waals surface area contributed by atoms with Gasteiger partial charge in [-0.15, -0.1) is 0 Å². The summed E-state index contributed by atoms with van der Waals surface area (Å²) in [4.78, 5) is 24.2. The first-order valence-electron chi connectivity index (χ1n) is 12.4. The normalized spacial score (nSPS) is 13.4. The van der Waals surface area contributed by atoms with Gasteiger partial charge in [0.25, 0.3) is 0 Å². The highest BCUT2D eigenvalue weighted by atomic mass is 16.5. The summed E-state index contributed by atoms with van der Waals surface area (Å²) in [7, 11) is 4.94. The Morgan fingerprint density at radius 3 is 2.43 bits per heavy atom. The Balaban J connectivity index is 1.52. The van der Waals surface area contributed by atoms with Crippen LogP contribution in [0.25, 0.3) is 22.3 Å². The molecule has 0 bridgehead atoms. The third-order valence-electron chi connectivity index (χ3n) is 6.86. The average Bonchev–Trinajstić information content (AvgIpc) is 3.61. The second-order valence-electron chi connectivity index (χ2n) is 9.86. The smallest absolute Gasteiger partial charge is 0.247 e. The number of methoxy groups -OCH3 is 2. The van der Waals surface area contributed by atoms with Crippen LogP contribution in [0.3, 0.4) is 0 Å². The number of amides is 1. The molecule has 192 valence electrons. The van der Waals surface area contributed by atoms with E-state index in [1.807, 2.05) is 44.3 Å². The van der Waals surface area contributed by atoms with Crippen molar-refractivity contribution in [2.24, 2.45) is 5.92 Å². The van der Waals surface area contributed by atoms with E-state index in [2.05, 4.69) is 32.4 Å². The van der Waals surface area contributed by atoms with E-state index in [9.17, 15) is 4.79 Å². The predicted octanol–water partition coefficient (Wildman–Crippen LogP) is 4.54. The van der Waals surface area contributed by atoms with Gasteiger partial charge in [-0.3, -0.25) is 14.5 Å². The Labute approximate surface area is 216 Å². The molecule has 2 aromatic heterocycles. The molecule has 5 rings (SSSR count). The molecule has 1 amide bonds. The largest absolute Gasteiger partial charge is 0.497 e. The molecule has 9 nitrogen and oxygen atoms in total. The van der Waals surface area contributed by atoms with Crippen LogP contribution >= 0.6 is 0 Å². The SMILES string of the molecule is CNC(=O)C(C)(C)n1cc(-c2cnc3ccc(N(CC4CC4)c4cc(OC)cc(OC)c4)cc3n2)cn1. The summed E-state index contributed by atoms with van der Waals surface area (Å²) >= 11 is 0. The van der Waals surface area contributed by atoms with Gasteiger partial charge in [0.05, 0.1) is 43.3 Å². The molecule has 37 heavy (non-hydrogen) atoms. The van der Waals surface area contributed by atoms with Gasteiger partial charge in [-0.25, -0.2) is 4.98 Å². The summed E-state index contributed by atoms with van der Waals surface area (Å²) in [6.45, 7) is 4.54. The Kier molecular flexibility index (Phi) is 6.45. The summed E-state index contributed by atoms with van der Waals surface area (Å²) in [5.41, 5.74) is 4.28. The van der Waals surface area contributed by atoms with Gasteiger partial charge in [0.1, 0.15) is 17.0 Å². The van der Waals surface area contributed by atoms with Crippen LogP contribution in [0.1, 0.15) is 26.7 Å². The molecule has 2 aromatic carbocycles. The first kappa shape index (κ1) is 24.5. The third-order valence-corrected chi connectivity index (χ3v) is 6.86. The fraction of sp³-hybridized carbons (Fsp3) is 0.357. The van der Waals surface area contributed by atoms with Crippen molar-refractivity contribution in [1.29, 1.82) is 0 Å². The maximum Gasteiger partial charge on any atom is 0.247 e. The van der Waals surface area contributed by atoms with E-state index in [0.29, 0.717) is 11.6 Å². The number of likely N-dealkylation sites (N-methyl/N-ethyl adjacent to an activating group) is 1. The summed E-state index contributed by atoms with van der Waals surface area (Å²) in [5.74, 6) is 2.02. The monoisotopic (exact) mass is 500 g/mol. The van der Waals surface area contributed by atoms with Crippen molar-refractivity contribution in [3.05, 3.63) is 55.0 Å². The van der Waals surface area contributed by atoms with E-state index in [1.165, 1.54) is 12.8 Å². The highest BCUT2D eigenvalue weighted by molar-refractivity contribution is 5.84. The van der Waals surface area contributed by atoms with Gasteiger partial charge >= 0.3 is 0 Å². The number of benzene rings is 2. The number of nitrogens with one attached hydrogen (secondary N) is 1. The highest BCUT2D eigenvalue weighted by Crippen LogP contribution is 2.38. The molecule has 1 N–H and O–H groups in total.